The summed E-state index contributed by atoms with van der Waals surface area (Å²) in [6, 6.07) is 15.3. The van der Waals surface area contributed by atoms with Crippen molar-refractivity contribution in [3.8, 4) is 17.2 Å². The molecule has 0 saturated heterocycles. The third-order valence-corrected chi connectivity index (χ3v) is 4.42. The van der Waals surface area contributed by atoms with E-state index < -0.39 is 5.97 Å². The lowest BCUT2D eigenvalue weighted by molar-refractivity contribution is -0.137. The van der Waals surface area contributed by atoms with E-state index in [1.807, 2.05) is 49.4 Å². The summed E-state index contributed by atoms with van der Waals surface area (Å²) in [5.74, 6) is 1.10. The fraction of sp³-hybridized carbons (Fsp3) is 0.370. The zero-order valence-electron chi connectivity index (χ0n) is 20.7. The number of nitrogens with zero attached hydrogens (tertiary/aromatic N) is 3. The van der Waals surface area contributed by atoms with E-state index in [0.717, 1.165) is 27.9 Å². The second-order valence-corrected chi connectivity index (χ2v) is 7.82. The van der Waals surface area contributed by atoms with Crippen LogP contribution in [0.1, 0.15) is 52.0 Å². The van der Waals surface area contributed by atoms with Gasteiger partial charge in [0.25, 0.3) is 0 Å². The normalized spacial score (nSPS) is 10.1. The number of hydrogen-bond donors (Lipinski definition) is 1. The van der Waals surface area contributed by atoms with Gasteiger partial charge in [0.1, 0.15) is 18.1 Å². The number of aromatic nitrogens is 3. The molecule has 1 N–H and O–H groups in total. The molecular formula is C27H35N3O4. The van der Waals surface area contributed by atoms with Crippen molar-refractivity contribution in [1.29, 1.82) is 0 Å². The zero-order valence-corrected chi connectivity index (χ0v) is 20.7. The van der Waals surface area contributed by atoms with Gasteiger partial charge in [0.2, 0.25) is 5.89 Å². The van der Waals surface area contributed by atoms with Gasteiger partial charge < -0.3 is 14.3 Å². The van der Waals surface area contributed by atoms with Gasteiger partial charge in [-0.2, -0.15) is 5.10 Å². The number of carboxylic acid groups (broad SMARTS) is 1. The smallest absolute Gasteiger partial charge is 0.325 e. The maximum Gasteiger partial charge on any atom is 0.325 e. The summed E-state index contributed by atoms with van der Waals surface area (Å²) in [5.41, 5.74) is 2.52. The average Bonchev–Trinajstić information content (AvgIpc) is 3.38. The van der Waals surface area contributed by atoms with Crippen LogP contribution in [0, 0.1) is 6.92 Å². The quantitative estimate of drug-likeness (QED) is 0.333. The molecule has 0 atom stereocenters. The molecule has 2 aromatic carbocycles. The van der Waals surface area contributed by atoms with Crippen LogP contribution in [0.5, 0.6) is 5.75 Å². The molecule has 0 fully saturated rings. The highest BCUT2D eigenvalue weighted by molar-refractivity contribution is 5.81. The molecular weight excluding hydrogens is 430 g/mol. The maximum atomic E-state index is 11.0. The van der Waals surface area contributed by atoms with Crippen LogP contribution in [0.15, 0.2) is 59.1 Å². The van der Waals surface area contributed by atoms with Crippen LogP contribution < -0.4 is 4.74 Å². The van der Waals surface area contributed by atoms with Crippen molar-refractivity contribution in [2.24, 2.45) is 0 Å². The highest BCUT2D eigenvalue weighted by atomic mass is 16.5. The Morgan fingerprint density at radius 1 is 1.06 bits per heavy atom. The van der Waals surface area contributed by atoms with E-state index in [0.29, 0.717) is 24.7 Å². The van der Waals surface area contributed by atoms with Crippen LogP contribution in [0.3, 0.4) is 0 Å². The van der Waals surface area contributed by atoms with Crippen molar-refractivity contribution in [3.63, 3.8) is 0 Å². The first-order chi connectivity index (χ1) is 16.4. The van der Waals surface area contributed by atoms with Crippen molar-refractivity contribution < 1.29 is 19.1 Å². The lowest BCUT2D eigenvalue weighted by Crippen LogP contribution is -2.09. The molecule has 4 rings (SSSR count). The summed E-state index contributed by atoms with van der Waals surface area (Å²) >= 11 is 0. The number of aryl methyl sites for hydroxylation is 1. The Hall–Kier alpha value is -3.61. The lowest BCUT2D eigenvalue weighted by atomic mass is 10.2. The highest BCUT2D eigenvalue weighted by Crippen LogP contribution is 2.23. The number of carboxylic acids is 1. The van der Waals surface area contributed by atoms with Gasteiger partial charge in [0.15, 0.2) is 0 Å². The largest absolute Gasteiger partial charge is 0.493 e. The molecule has 0 unspecified atom stereocenters. The standard InChI is InChI=1S/C21H19N3O4.2C3H8/c1-14-18(23-21(28-14)15-5-3-2-4-6-15)9-10-27-17-8-7-16-12-22-24(13-20(25)26)19(16)11-17;2*1-3-2/h2-8,11-12H,9-10,13H2,1H3,(H,25,26);2*3H2,1-2H3. The van der Waals surface area contributed by atoms with Crippen LogP contribution in [0.25, 0.3) is 22.4 Å². The van der Waals surface area contributed by atoms with Crippen LogP contribution in [0.4, 0.5) is 0 Å². The highest BCUT2D eigenvalue weighted by Gasteiger charge is 2.12. The number of fused-ring (bicyclic) bond motifs is 1. The Kier molecular flexibility index (Phi) is 10.8. The van der Waals surface area contributed by atoms with Crippen LogP contribution >= 0.6 is 0 Å². The van der Waals surface area contributed by atoms with E-state index in [1.54, 1.807) is 12.3 Å². The molecule has 0 bridgehead atoms. The second kappa shape index (κ2) is 13.8. The summed E-state index contributed by atoms with van der Waals surface area (Å²) in [5, 5.41) is 14.0. The van der Waals surface area contributed by atoms with E-state index in [9.17, 15) is 4.79 Å². The molecule has 4 aromatic rings. The van der Waals surface area contributed by atoms with Gasteiger partial charge in [-0.3, -0.25) is 9.48 Å². The fourth-order valence-electron chi connectivity index (χ4n) is 3.02. The van der Waals surface area contributed by atoms with Crippen molar-refractivity contribution >= 4 is 16.9 Å². The first kappa shape index (κ1) is 26.6. The fourth-order valence-corrected chi connectivity index (χ4v) is 3.02. The Bertz CT molecular complexity index is 1150. The summed E-state index contributed by atoms with van der Waals surface area (Å²) in [6.07, 6.45) is 4.75. The van der Waals surface area contributed by atoms with Crippen LogP contribution in [0.2, 0.25) is 0 Å². The summed E-state index contributed by atoms with van der Waals surface area (Å²) < 4.78 is 13.1. The average molecular weight is 466 g/mol. The molecule has 2 heterocycles. The maximum absolute atomic E-state index is 11.0. The lowest BCUT2D eigenvalue weighted by Gasteiger charge is -2.06. The predicted octanol–water partition coefficient (Wildman–Crippen LogP) is 6.54. The summed E-state index contributed by atoms with van der Waals surface area (Å²) in [7, 11) is 0. The summed E-state index contributed by atoms with van der Waals surface area (Å²) in [4.78, 5) is 15.5. The molecule has 34 heavy (non-hydrogen) atoms. The molecule has 0 aliphatic carbocycles. The minimum absolute atomic E-state index is 0.187. The first-order valence-electron chi connectivity index (χ1n) is 11.7. The molecule has 0 radical (unpaired) electrons. The first-order valence-corrected chi connectivity index (χ1v) is 11.7. The van der Waals surface area contributed by atoms with E-state index in [1.165, 1.54) is 17.5 Å². The third kappa shape index (κ3) is 7.76. The molecule has 182 valence electrons. The van der Waals surface area contributed by atoms with Crippen molar-refractivity contribution in [1.82, 2.24) is 14.8 Å². The number of carbonyl (C=O) groups is 1. The number of benzene rings is 2. The molecule has 0 aliphatic heterocycles. The minimum Gasteiger partial charge on any atom is -0.493 e. The minimum atomic E-state index is -0.938. The Labute approximate surface area is 201 Å². The Balaban J connectivity index is 0.000000618. The number of rotatable bonds is 7. The second-order valence-electron chi connectivity index (χ2n) is 7.82. The number of hydrogen-bond acceptors (Lipinski definition) is 5. The molecule has 0 aliphatic rings. The van der Waals surface area contributed by atoms with Crippen LogP contribution in [-0.4, -0.2) is 32.4 Å². The Morgan fingerprint density at radius 2 is 1.74 bits per heavy atom. The molecule has 0 amide bonds. The number of aliphatic carboxylic acids is 1. The van der Waals surface area contributed by atoms with Gasteiger partial charge in [-0.1, -0.05) is 58.7 Å². The topological polar surface area (TPSA) is 90.4 Å². The SMILES string of the molecule is CCC.CCC.Cc1oc(-c2ccccc2)nc1CCOc1ccc2cnn(CC(=O)O)c2c1. The zero-order chi connectivity index (χ0) is 24.9. The van der Waals surface area contributed by atoms with Crippen LogP contribution in [-0.2, 0) is 17.8 Å². The van der Waals surface area contributed by atoms with E-state index >= 15 is 0 Å². The van der Waals surface area contributed by atoms with Gasteiger partial charge >= 0.3 is 5.97 Å². The molecule has 7 heteroatoms. The number of oxazole rings is 1. The number of ether oxygens (including phenoxy) is 1. The van der Waals surface area contributed by atoms with Gasteiger partial charge in [0.05, 0.1) is 24.0 Å². The molecule has 2 aromatic heterocycles. The van der Waals surface area contributed by atoms with E-state index in [-0.39, 0.29) is 6.54 Å². The van der Waals surface area contributed by atoms with Gasteiger partial charge in [-0.25, -0.2) is 4.98 Å². The Morgan fingerprint density at radius 3 is 2.38 bits per heavy atom. The van der Waals surface area contributed by atoms with Crippen molar-refractivity contribution in [3.05, 3.63) is 66.2 Å². The molecule has 0 saturated carbocycles. The molecule has 0 spiro atoms. The van der Waals surface area contributed by atoms with Gasteiger partial charge in [0, 0.05) is 23.4 Å². The van der Waals surface area contributed by atoms with E-state index in [4.69, 9.17) is 14.3 Å². The predicted molar refractivity (Wildman–Crippen MR) is 135 cm³/mol. The van der Waals surface area contributed by atoms with Gasteiger partial charge in [-0.05, 0) is 31.2 Å². The monoisotopic (exact) mass is 465 g/mol. The summed E-state index contributed by atoms with van der Waals surface area (Å²) in [6.45, 7) is 10.6. The van der Waals surface area contributed by atoms with Crippen molar-refractivity contribution in [2.45, 2.75) is 60.4 Å². The van der Waals surface area contributed by atoms with Crippen molar-refractivity contribution in [2.75, 3.05) is 6.61 Å². The van der Waals surface area contributed by atoms with Gasteiger partial charge in [-0.15, -0.1) is 0 Å². The molecule has 7 nitrogen and oxygen atoms in total. The van der Waals surface area contributed by atoms with E-state index in [2.05, 4.69) is 37.8 Å². The third-order valence-electron chi connectivity index (χ3n) is 4.42.